The molecule has 0 saturated heterocycles. The highest BCUT2D eigenvalue weighted by atomic mass is 32.2. The van der Waals surface area contributed by atoms with E-state index >= 15 is 0 Å². The Kier molecular flexibility index (Phi) is 6.42. The Hall–Kier alpha value is -3.06. The van der Waals surface area contributed by atoms with Crippen LogP contribution in [0.3, 0.4) is 0 Å². The van der Waals surface area contributed by atoms with Crippen LogP contribution in [0.2, 0.25) is 0 Å². The van der Waals surface area contributed by atoms with Crippen molar-refractivity contribution in [3.8, 4) is 0 Å². The third-order valence-electron chi connectivity index (χ3n) is 5.55. The Morgan fingerprint density at radius 1 is 1.10 bits per heavy atom. The molecular weight excluding hydrogens is 408 g/mol. The summed E-state index contributed by atoms with van der Waals surface area (Å²) in [7, 11) is 1.66. The fourth-order valence-electron chi connectivity index (χ4n) is 3.90. The molecule has 2 aromatic carbocycles. The summed E-state index contributed by atoms with van der Waals surface area (Å²) in [6, 6.07) is 16.4. The summed E-state index contributed by atoms with van der Waals surface area (Å²) in [5.74, 6) is 0.0380. The molecule has 1 amide bonds. The maximum absolute atomic E-state index is 12.7. The average Bonchev–Trinajstić information content (AvgIpc) is 3.11. The van der Waals surface area contributed by atoms with Crippen molar-refractivity contribution in [3.63, 3.8) is 0 Å². The highest BCUT2D eigenvalue weighted by molar-refractivity contribution is 7.98. The van der Waals surface area contributed by atoms with E-state index in [0.29, 0.717) is 31.4 Å². The van der Waals surface area contributed by atoms with Crippen LogP contribution in [0.1, 0.15) is 18.4 Å². The minimum Gasteiger partial charge on any atom is -0.356 e. The van der Waals surface area contributed by atoms with E-state index in [-0.39, 0.29) is 11.5 Å². The number of aromatic nitrogens is 3. The van der Waals surface area contributed by atoms with Crippen molar-refractivity contribution >= 4 is 39.5 Å². The average molecular weight is 435 g/mol. The van der Waals surface area contributed by atoms with Crippen molar-refractivity contribution in [3.05, 3.63) is 70.6 Å². The van der Waals surface area contributed by atoms with E-state index in [4.69, 9.17) is 0 Å². The van der Waals surface area contributed by atoms with Gasteiger partial charge in [0.15, 0.2) is 0 Å². The van der Waals surface area contributed by atoms with E-state index in [0.717, 1.165) is 22.7 Å². The number of amides is 1. The van der Waals surface area contributed by atoms with Gasteiger partial charge in [-0.25, -0.2) is 4.68 Å². The molecule has 31 heavy (non-hydrogen) atoms. The van der Waals surface area contributed by atoms with Crippen molar-refractivity contribution in [2.24, 2.45) is 7.05 Å². The van der Waals surface area contributed by atoms with Crippen molar-refractivity contribution < 1.29 is 4.79 Å². The SMILES string of the molecule is CSc1ccc(CCNC(=O)CCCn2c3ccccc3c3cnn(C)c(=O)c32)cc1. The number of benzene rings is 2. The molecule has 1 N–H and O–H groups in total. The first-order valence-corrected chi connectivity index (χ1v) is 11.6. The number of thioether (sulfide) groups is 1. The van der Waals surface area contributed by atoms with E-state index in [9.17, 15) is 9.59 Å². The van der Waals surface area contributed by atoms with Crippen LogP contribution in [0, 0.1) is 0 Å². The molecule has 2 heterocycles. The second kappa shape index (κ2) is 9.39. The first kappa shape index (κ1) is 21.2. The van der Waals surface area contributed by atoms with Crippen molar-refractivity contribution in [2.75, 3.05) is 12.8 Å². The number of hydrogen-bond acceptors (Lipinski definition) is 4. The number of carbonyl (C=O) groups is 1. The largest absolute Gasteiger partial charge is 0.356 e. The zero-order valence-corrected chi connectivity index (χ0v) is 18.6. The standard InChI is InChI=1S/C24H26N4O2S/c1-27-24(30)23-20(16-26-27)19-6-3-4-7-21(19)28(23)15-5-8-22(29)25-14-13-17-9-11-18(31-2)12-10-17/h3-4,6-7,9-12,16H,5,8,13-15H2,1-2H3,(H,25,29). The number of para-hydroxylation sites is 1. The van der Waals surface area contributed by atoms with Crippen LogP contribution in [-0.2, 0) is 24.8 Å². The highest BCUT2D eigenvalue weighted by Gasteiger charge is 2.15. The monoisotopic (exact) mass is 434 g/mol. The van der Waals surface area contributed by atoms with Crippen LogP contribution in [0.5, 0.6) is 0 Å². The summed E-state index contributed by atoms with van der Waals surface area (Å²) in [5.41, 5.74) is 2.74. The van der Waals surface area contributed by atoms with E-state index < -0.39 is 0 Å². The molecule has 160 valence electrons. The second-order valence-corrected chi connectivity index (χ2v) is 8.44. The molecule has 0 atom stereocenters. The van der Waals surface area contributed by atoms with Gasteiger partial charge in [0.2, 0.25) is 5.91 Å². The van der Waals surface area contributed by atoms with Gasteiger partial charge in [-0.05, 0) is 42.9 Å². The van der Waals surface area contributed by atoms with Crippen LogP contribution in [0.4, 0.5) is 0 Å². The third-order valence-corrected chi connectivity index (χ3v) is 6.29. The molecule has 0 fully saturated rings. The normalized spacial score (nSPS) is 11.3. The lowest BCUT2D eigenvalue weighted by Crippen LogP contribution is -2.26. The van der Waals surface area contributed by atoms with Crippen molar-refractivity contribution in [1.82, 2.24) is 19.7 Å². The first-order valence-electron chi connectivity index (χ1n) is 10.4. The van der Waals surface area contributed by atoms with E-state index in [1.165, 1.54) is 15.1 Å². The van der Waals surface area contributed by atoms with Crippen LogP contribution in [-0.4, -0.2) is 33.1 Å². The van der Waals surface area contributed by atoms with E-state index in [1.54, 1.807) is 25.0 Å². The van der Waals surface area contributed by atoms with Crippen molar-refractivity contribution in [1.29, 1.82) is 0 Å². The molecule has 0 aliphatic rings. The molecule has 7 heteroatoms. The van der Waals surface area contributed by atoms with Crippen LogP contribution >= 0.6 is 11.8 Å². The molecule has 0 aliphatic carbocycles. The smallest absolute Gasteiger partial charge is 0.291 e. The van der Waals surface area contributed by atoms with Gasteiger partial charge in [0.05, 0.1) is 6.20 Å². The maximum atomic E-state index is 12.7. The lowest BCUT2D eigenvalue weighted by atomic mass is 10.1. The Morgan fingerprint density at radius 2 is 1.87 bits per heavy atom. The summed E-state index contributed by atoms with van der Waals surface area (Å²) in [6.45, 7) is 1.23. The number of rotatable bonds is 8. The molecular formula is C24H26N4O2S. The van der Waals surface area contributed by atoms with Gasteiger partial charge < -0.3 is 9.88 Å². The molecule has 0 spiro atoms. The van der Waals surface area contributed by atoms with Gasteiger partial charge in [0.1, 0.15) is 5.52 Å². The zero-order chi connectivity index (χ0) is 21.8. The summed E-state index contributed by atoms with van der Waals surface area (Å²) < 4.78 is 3.38. The van der Waals surface area contributed by atoms with Gasteiger partial charge in [0.25, 0.3) is 5.56 Å². The Labute approximate surface area is 185 Å². The molecule has 0 saturated carbocycles. The summed E-state index contributed by atoms with van der Waals surface area (Å²) in [6.07, 6.45) is 5.70. The van der Waals surface area contributed by atoms with Gasteiger partial charge in [-0.3, -0.25) is 9.59 Å². The Bertz CT molecular complexity index is 1270. The van der Waals surface area contributed by atoms with Crippen molar-refractivity contribution in [2.45, 2.75) is 30.7 Å². The molecule has 0 radical (unpaired) electrons. The van der Waals surface area contributed by atoms with Gasteiger partial charge in [0, 0.05) is 47.7 Å². The minimum absolute atomic E-state index is 0.0380. The molecule has 2 aromatic heterocycles. The fraction of sp³-hybridized carbons (Fsp3) is 0.292. The zero-order valence-electron chi connectivity index (χ0n) is 17.8. The topological polar surface area (TPSA) is 68.9 Å². The minimum atomic E-state index is -0.120. The number of nitrogens with one attached hydrogen (secondary N) is 1. The van der Waals surface area contributed by atoms with Gasteiger partial charge >= 0.3 is 0 Å². The van der Waals surface area contributed by atoms with Gasteiger partial charge in [-0.2, -0.15) is 5.10 Å². The fourth-order valence-corrected chi connectivity index (χ4v) is 4.31. The molecule has 4 aromatic rings. The maximum Gasteiger partial charge on any atom is 0.291 e. The molecule has 0 aliphatic heterocycles. The molecule has 6 nitrogen and oxygen atoms in total. The predicted molar refractivity (Wildman–Crippen MR) is 127 cm³/mol. The number of hydrogen-bond donors (Lipinski definition) is 1. The van der Waals surface area contributed by atoms with Crippen LogP contribution < -0.4 is 10.9 Å². The molecule has 4 rings (SSSR count). The Morgan fingerprint density at radius 3 is 2.65 bits per heavy atom. The van der Waals surface area contributed by atoms with Gasteiger partial charge in [-0.1, -0.05) is 30.3 Å². The number of carbonyl (C=O) groups excluding carboxylic acids is 1. The van der Waals surface area contributed by atoms with Crippen LogP contribution in [0.25, 0.3) is 21.8 Å². The first-order chi connectivity index (χ1) is 15.1. The quantitative estimate of drug-likeness (QED) is 0.429. The number of fused-ring (bicyclic) bond motifs is 3. The molecule has 0 unspecified atom stereocenters. The Balaban J connectivity index is 1.38. The third kappa shape index (κ3) is 4.51. The van der Waals surface area contributed by atoms with E-state index in [1.807, 2.05) is 28.8 Å². The lowest BCUT2D eigenvalue weighted by Gasteiger charge is -2.09. The number of aryl methyl sites for hydroxylation is 2. The highest BCUT2D eigenvalue weighted by Crippen LogP contribution is 2.26. The molecule has 0 bridgehead atoms. The second-order valence-electron chi connectivity index (χ2n) is 7.56. The summed E-state index contributed by atoms with van der Waals surface area (Å²) >= 11 is 1.72. The lowest BCUT2D eigenvalue weighted by molar-refractivity contribution is -0.121. The van der Waals surface area contributed by atoms with Gasteiger partial charge in [-0.15, -0.1) is 11.8 Å². The summed E-state index contributed by atoms with van der Waals surface area (Å²) in [5, 5.41) is 9.05. The van der Waals surface area contributed by atoms with Crippen LogP contribution in [0.15, 0.2) is 64.4 Å². The van der Waals surface area contributed by atoms with E-state index in [2.05, 4.69) is 40.9 Å². The predicted octanol–water partition coefficient (Wildman–Crippen LogP) is 3.75. The number of nitrogens with zero attached hydrogens (tertiary/aromatic N) is 3. The summed E-state index contributed by atoms with van der Waals surface area (Å²) in [4.78, 5) is 26.3.